The second-order valence-corrected chi connectivity index (χ2v) is 4.17. The number of benzene rings is 1. The zero-order valence-electron chi connectivity index (χ0n) is 10.5. The van der Waals surface area contributed by atoms with Crippen molar-refractivity contribution >= 4 is 17.3 Å². The summed E-state index contributed by atoms with van der Waals surface area (Å²) < 4.78 is 1.68. The van der Waals surface area contributed by atoms with Crippen LogP contribution in [0.2, 0.25) is 0 Å². The second kappa shape index (κ2) is 5.35. The minimum atomic E-state index is -0.0792. The maximum Gasteiger partial charge on any atom is 0.243 e. The molecule has 5 nitrogen and oxygen atoms in total. The number of hydrogen-bond acceptors (Lipinski definition) is 3. The van der Waals surface area contributed by atoms with Crippen molar-refractivity contribution in [3.63, 3.8) is 0 Å². The van der Waals surface area contributed by atoms with Crippen molar-refractivity contribution in [3.05, 3.63) is 42.2 Å². The van der Waals surface area contributed by atoms with Crippen LogP contribution in [-0.2, 0) is 11.8 Å². The largest absolute Gasteiger partial charge is 0.374 e. The van der Waals surface area contributed by atoms with Gasteiger partial charge in [0.05, 0.1) is 18.4 Å². The lowest BCUT2D eigenvalue weighted by molar-refractivity contribution is -0.114. The summed E-state index contributed by atoms with van der Waals surface area (Å²) in [6, 6.07) is 7.71. The number of amides is 1. The first-order valence-electron chi connectivity index (χ1n) is 5.72. The van der Waals surface area contributed by atoms with E-state index in [1.165, 1.54) is 0 Å². The molecule has 0 aliphatic rings. The van der Waals surface area contributed by atoms with Gasteiger partial charge in [0.15, 0.2) is 0 Å². The van der Waals surface area contributed by atoms with Crippen LogP contribution in [0.1, 0.15) is 5.56 Å². The molecule has 2 N–H and O–H groups in total. The molecule has 5 heteroatoms. The highest BCUT2D eigenvalue weighted by molar-refractivity contribution is 5.93. The van der Waals surface area contributed by atoms with Crippen LogP contribution in [0.5, 0.6) is 0 Å². The monoisotopic (exact) mass is 244 g/mol. The van der Waals surface area contributed by atoms with Gasteiger partial charge in [0.25, 0.3) is 0 Å². The molecule has 1 amide bonds. The molecule has 2 rings (SSSR count). The van der Waals surface area contributed by atoms with Crippen LogP contribution < -0.4 is 10.6 Å². The Hall–Kier alpha value is -2.30. The van der Waals surface area contributed by atoms with Gasteiger partial charge in [-0.2, -0.15) is 5.10 Å². The second-order valence-electron chi connectivity index (χ2n) is 4.17. The van der Waals surface area contributed by atoms with E-state index in [2.05, 4.69) is 15.7 Å². The van der Waals surface area contributed by atoms with Crippen molar-refractivity contribution in [3.8, 4) is 0 Å². The highest BCUT2D eigenvalue weighted by Gasteiger charge is 2.03. The van der Waals surface area contributed by atoms with E-state index in [4.69, 9.17) is 0 Å². The van der Waals surface area contributed by atoms with Crippen LogP contribution in [0.15, 0.2) is 36.7 Å². The summed E-state index contributed by atoms with van der Waals surface area (Å²) in [5.41, 5.74) is 2.76. The number of nitrogens with one attached hydrogen (secondary N) is 2. The summed E-state index contributed by atoms with van der Waals surface area (Å²) in [5.74, 6) is -0.0792. The molecule has 94 valence electrons. The third-order valence-corrected chi connectivity index (χ3v) is 2.46. The Bertz CT molecular complexity index is 547. The van der Waals surface area contributed by atoms with E-state index in [0.29, 0.717) is 0 Å². The summed E-state index contributed by atoms with van der Waals surface area (Å²) in [4.78, 5) is 11.7. The van der Waals surface area contributed by atoms with Crippen LogP contribution in [0.4, 0.5) is 11.4 Å². The molecule has 18 heavy (non-hydrogen) atoms. The number of nitrogens with zero attached hydrogens (tertiary/aromatic N) is 2. The van der Waals surface area contributed by atoms with Gasteiger partial charge < -0.3 is 10.6 Å². The van der Waals surface area contributed by atoms with Gasteiger partial charge in [-0.3, -0.25) is 9.48 Å². The summed E-state index contributed by atoms with van der Waals surface area (Å²) >= 11 is 0. The molecule has 1 heterocycles. The molecule has 0 radical (unpaired) electrons. The SMILES string of the molecule is Cc1cccc(NC(=O)CNc2cnn(C)c2)c1. The van der Waals surface area contributed by atoms with Crippen LogP contribution in [0, 0.1) is 6.92 Å². The average Bonchev–Trinajstić information content (AvgIpc) is 2.73. The molecule has 0 saturated carbocycles. The zero-order valence-corrected chi connectivity index (χ0v) is 10.5. The van der Waals surface area contributed by atoms with E-state index in [0.717, 1.165) is 16.9 Å². The van der Waals surface area contributed by atoms with Gasteiger partial charge >= 0.3 is 0 Å². The van der Waals surface area contributed by atoms with Gasteiger partial charge in [-0.1, -0.05) is 12.1 Å². The summed E-state index contributed by atoms with van der Waals surface area (Å²) in [7, 11) is 1.83. The molecule has 0 saturated heterocycles. The fourth-order valence-electron chi connectivity index (χ4n) is 1.62. The number of anilines is 2. The third-order valence-electron chi connectivity index (χ3n) is 2.46. The molecule has 0 bridgehead atoms. The summed E-state index contributed by atoms with van der Waals surface area (Å²) in [6.45, 7) is 2.21. The first-order chi connectivity index (χ1) is 8.63. The minimum absolute atomic E-state index is 0.0792. The molecule has 0 spiro atoms. The standard InChI is InChI=1S/C13H16N4O/c1-10-4-3-5-11(6-10)16-13(18)8-14-12-7-15-17(2)9-12/h3-7,9,14H,8H2,1-2H3,(H,16,18). The summed E-state index contributed by atoms with van der Waals surface area (Å²) in [6.07, 6.45) is 3.50. The Labute approximate surface area is 106 Å². The Morgan fingerprint density at radius 1 is 1.39 bits per heavy atom. The van der Waals surface area contributed by atoms with Crippen LogP contribution >= 0.6 is 0 Å². The van der Waals surface area contributed by atoms with Gasteiger partial charge in [0.1, 0.15) is 0 Å². The summed E-state index contributed by atoms with van der Waals surface area (Å²) in [5, 5.41) is 9.85. The number of hydrogen-bond donors (Lipinski definition) is 2. The lowest BCUT2D eigenvalue weighted by Gasteiger charge is -2.06. The molecule has 0 atom stereocenters. The topological polar surface area (TPSA) is 59.0 Å². The lowest BCUT2D eigenvalue weighted by Crippen LogP contribution is -2.21. The first kappa shape index (κ1) is 12.2. The Morgan fingerprint density at radius 3 is 2.89 bits per heavy atom. The van der Waals surface area contributed by atoms with Gasteiger partial charge in [0, 0.05) is 18.9 Å². The number of carbonyl (C=O) groups is 1. The Kier molecular flexibility index (Phi) is 3.62. The molecular weight excluding hydrogens is 228 g/mol. The van der Waals surface area contributed by atoms with E-state index in [1.54, 1.807) is 10.9 Å². The lowest BCUT2D eigenvalue weighted by atomic mass is 10.2. The third kappa shape index (κ3) is 3.35. The predicted octanol–water partition coefficient (Wildman–Crippen LogP) is 1.78. The van der Waals surface area contributed by atoms with Crippen molar-refractivity contribution in [2.75, 3.05) is 17.2 Å². The van der Waals surface area contributed by atoms with Gasteiger partial charge in [0.2, 0.25) is 5.91 Å². The van der Waals surface area contributed by atoms with Crippen molar-refractivity contribution in [1.29, 1.82) is 0 Å². The zero-order chi connectivity index (χ0) is 13.0. The molecule has 0 aliphatic carbocycles. The number of aromatic nitrogens is 2. The fraction of sp³-hybridized carbons (Fsp3) is 0.231. The van der Waals surface area contributed by atoms with E-state index in [-0.39, 0.29) is 12.5 Å². The highest BCUT2D eigenvalue weighted by atomic mass is 16.1. The molecule has 1 aromatic heterocycles. The quantitative estimate of drug-likeness (QED) is 0.862. The van der Waals surface area contributed by atoms with Gasteiger partial charge in [-0.15, -0.1) is 0 Å². The molecular formula is C13H16N4O. The molecule has 0 unspecified atom stereocenters. The van der Waals surface area contributed by atoms with Crippen LogP contribution in [-0.4, -0.2) is 22.2 Å². The maximum absolute atomic E-state index is 11.7. The number of rotatable bonds is 4. The van der Waals surface area contributed by atoms with Crippen LogP contribution in [0.25, 0.3) is 0 Å². The molecule has 1 aromatic carbocycles. The number of carbonyl (C=O) groups excluding carboxylic acids is 1. The van der Waals surface area contributed by atoms with E-state index < -0.39 is 0 Å². The minimum Gasteiger partial charge on any atom is -0.374 e. The van der Waals surface area contributed by atoms with Gasteiger partial charge in [-0.25, -0.2) is 0 Å². The molecule has 2 aromatic rings. The molecule has 0 fully saturated rings. The first-order valence-corrected chi connectivity index (χ1v) is 5.72. The van der Waals surface area contributed by atoms with Crippen molar-refractivity contribution in [1.82, 2.24) is 9.78 Å². The number of aryl methyl sites for hydroxylation is 2. The van der Waals surface area contributed by atoms with Crippen molar-refractivity contribution in [2.24, 2.45) is 7.05 Å². The normalized spacial score (nSPS) is 10.1. The van der Waals surface area contributed by atoms with E-state index in [1.807, 2.05) is 44.4 Å². The van der Waals surface area contributed by atoms with Crippen LogP contribution in [0.3, 0.4) is 0 Å². The molecule has 0 aliphatic heterocycles. The highest BCUT2D eigenvalue weighted by Crippen LogP contribution is 2.09. The smallest absolute Gasteiger partial charge is 0.243 e. The van der Waals surface area contributed by atoms with E-state index >= 15 is 0 Å². The van der Waals surface area contributed by atoms with Crippen molar-refractivity contribution < 1.29 is 4.79 Å². The predicted molar refractivity (Wildman–Crippen MR) is 71.5 cm³/mol. The van der Waals surface area contributed by atoms with Gasteiger partial charge in [-0.05, 0) is 24.6 Å². The van der Waals surface area contributed by atoms with E-state index in [9.17, 15) is 4.79 Å². The van der Waals surface area contributed by atoms with Crippen molar-refractivity contribution in [2.45, 2.75) is 6.92 Å². The maximum atomic E-state index is 11.7. The Balaban J connectivity index is 1.85. The average molecular weight is 244 g/mol. The Morgan fingerprint density at radius 2 is 2.22 bits per heavy atom. The fourth-order valence-corrected chi connectivity index (χ4v) is 1.62.